The van der Waals surface area contributed by atoms with Crippen molar-refractivity contribution in [2.24, 2.45) is 5.73 Å². The first kappa shape index (κ1) is 11.9. The number of carbonyl (C=O) groups excluding carboxylic acids is 1. The van der Waals surface area contributed by atoms with Gasteiger partial charge in [0.15, 0.2) is 0 Å². The van der Waals surface area contributed by atoms with Gasteiger partial charge < -0.3 is 11.1 Å². The van der Waals surface area contributed by atoms with Gasteiger partial charge >= 0.3 is 0 Å². The molecule has 82 valence electrons. The maximum Gasteiger partial charge on any atom is 0.240 e. The lowest BCUT2D eigenvalue weighted by molar-refractivity contribution is -0.128. The lowest BCUT2D eigenvalue weighted by Gasteiger charge is -2.34. The topological polar surface area (TPSA) is 55.1 Å². The molecule has 0 spiro atoms. The highest BCUT2D eigenvalue weighted by Crippen LogP contribution is 2.25. The van der Waals surface area contributed by atoms with Gasteiger partial charge in [-0.15, -0.1) is 0 Å². The summed E-state index contributed by atoms with van der Waals surface area (Å²) in [6, 6.07) is 0. The van der Waals surface area contributed by atoms with E-state index in [1.807, 2.05) is 32.5 Å². The van der Waals surface area contributed by atoms with Crippen LogP contribution in [0.1, 0.15) is 33.6 Å². The third-order valence-electron chi connectivity index (χ3n) is 2.33. The quantitative estimate of drug-likeness (QED) is 0.691. The predicted octanol–water partition coefficient (Wildman–Crippen LogP) is 1.13. The van der Waals surface area contributed by atoms with Crippen molar-refractivity contribution in [1.82, 2.24) is 5.32 Å². The summed E-state index contributed by atoms with van der Waals surface area (Å²) < 4.78 is 0. The van der Waals surface area contributed by atoms with Gasteiger partial charge in [0, 0.05) is 5.54 Å². The average Bonchev–Trinajstić information content (AvgIpc) is 2.02. The first-order valence-corrected chi connectivity index (χ1v) is 6.18. The summed E-state index contributed by atoms with van der Waals surface area (Å²) >= 11 is 1.87. The van der Waals surface area contributed by atoms with E-state index in [1.54, 1.807) is 0 Å². The summed E-state index contributed by atoms with van der Waals surface area (Å²) in [5.41, 5.74) is 5.27. The summed E-state index contributed by atoms with van der Waals surface area (Å²) in [6.45, 7) is 5.93. The van der Waals surface area contributed by atoms with Crippen LogP contribution in [0, 0.1) is 0 Å². The van der Waals surface area contributed by atoms with Crippen LogP contribution in [0.5, 0.6) is 0 Å². The van der Waals surface area contributed by atoms with Crippen LogP contribution in [0.4, 0.5) is 0 Å². The van der Waals surface area contributed by atoms with E-state index in [9.17, 15) is 4.79 Å². The Morgan fingerprint density at radius 3 is 2.29 bits per heavy atom. The number of carbonyl (C=O) groups is 1. The number of thioether (sulfide) groups is 1. The van der Waals surface area contributed by atoms with E-state index in [0.717, 1.165) is 24.3 Å². The van der Waals surface area contributed by atoms with Crippen molar-refractivity contribution < 1.29 is 4.79 Å². The minimum atomic E-state index is -0.626. The first-order valence-electron chi connectivity index (χ1n) is 5.03. The molecule has 1 aliphatic rings. The Morgan fingerprint density at radius 1 is 1.36 bits per heavy atom. The lowest BCUT2D eigenvalue weighted by Crippen LogP contribution is -2.59. The largest absolute Gasteiger partial charge is 0.350 e. The summed E-state index contributed by atoms with van der Waals surface area (Å²) in [5, 5.41) is 2.96. The third kappa shape index (κ3) is 3.17. The molecule has 1 saturated heterocycles. The molecule has 0 bridgehead atoms. The van der Waals surface area contributed by atoms with E-state index in [0.29, 0.717) is 0 Å². The van der Waals surface area contributed by atoms with Crippen LogP contribution < -0.4 is 11.1 Å². The lowest BCUT2D eigenvalue weighted by atomic mass is 9.91. The van der Waals surface area contributed by atoms with E-state index in [1.165, 1.54) is 0 Å². The first-order chi connectivity index (χ1) is 6.33. The van der Waals surface area contributed by atoms with Crippen LogP contribution in [0.25, 0.3) is 0 Å². The molecule has 3 nitrogen and oxygen atoms in total. The summed E-state index contributed by atoms with van der Waals surface area (Å²) in [7, 11) is 0. The molecule has 1 amide bonds. The molecule has 3 N–H and O–H groups in total. The normalized spacial score (nSPS) is 21.7. The van der Waals surface area contributed by atoms with Gasteiger partial charge in [0.25, 0.3) is 0 Å². The van der Waals surface area contributed by atoms with Crippen molar-refractivity contribution in [3.63, 3.8) is 0 Å². The molecule has 0 unspecified atom stereocenters. The molecule has 0 atom stereocenters. The smallest absolute Gasteiger partial charge is 0.240 e. The predicted molar refractivity (Wildman–Crippen MR) is 61.4 cm³/mol. The number of hydrogen-bond acceptors (Lipinski definition) is 3. The molecule has 1 heterocycles. The molecule has 14 heavy (non-hydrogen) atoms. The zero-order chi connectivity index (χ0) is 10.8. The second-order valence-corrected chi connectivity index (χ2v) is 6.20. The monoisotopic (exact) mass is 216 g/mol. The fourth-order valence-corrected chi connectivity index (χ4v) is 2.65. The van der Waals surface area contributed by atoms with Gasteiger partial charge in [-0.3, -0.25) is 4.79 Å². The highest BCUT2D eigenvalue weighted by molar-refractivity contribution is 7.99. The van der Waals surface area contributed by atoms with Gasteiger partial charge in [-0.05, 0) is 45.1 Å². The van der Waals surface area contributed by atoms with Crippen LogP contribution in [-0.2, 0) is 4.79 Å². The highest BCUT2D eigenvalue weighted by Gasteiger charge is 2.36. The second kappa shape index (κ2) is 4.11. The van der Waals surface area contributed by atoms with Crippen molar-refractivity contribution in [2.45, 2.75) is 44.7 Å². The van der Waals surface area contributed by atoms with Crippen molar-refractivity contribution in [1.29, 1.82) is 0 Å². The molecular formula is C10H20N2OS. The standard InChI is InChI=1S/C10H20N2OS/c1-9(2,3)12-8(13)10(11)4-6-14-7-5-10/h4-7,11H2,1-3H3,(H,12,13). The maximum absolute atomic E-state index is 11.9. The molecule has 0 aliphatic carbocycles. The molecule has 0 aromatic heterocycles. The molecule has 0 aromatic rings. The molecule has 1 aliphatic heterocycles. The Hall–Kier alpha value is -0.220. The molecular weight excluding hydrogens is 196 g/mol. The SMILES string of the molecule is CC(C)(C)NC(=O)C1(N)CCSCC1. The third-order valence-corrected chi connectivity index (χ3v) is 3.31. The Balaban J connectivity index is 2.58. The van der Waals surface area contributed by atoms with Crippen LogP contribution >= 0.6 is 11.8 Å². The zero-order valence-electron chi connectivity index (χ0n) is 9.22. The molecule has 1 fully saturated rings. The molecule has 1 rings (SSSR count). The van der Waals surface area contributed by atoms with Crippen LogP contribution in [0.2, 0.25) is 0 Å². The Morgan fingerprint density at radius 2 is 1.86 bits per heavy atom. The molecule has 0 saturated carbocycles. The highest BCUT2D eigenvalue weighted by atomic mass is 32.2. The molecule has 0 radical (unpaired) electrons. The summed E-state index contributed by atoms with van der Waals surface area (Å²) in [6.07, 6.45) is 1.58. The maximum atomic E-state index is 11.9. The van der Waals surface area contributed by atoms with Gasteiger partial charge in [0.2, 0.25) is 5.91 Å². The van der Waals surface area contributed by atoms with Crippen LogP contribution in [0.15, 0.2) is 0 Å². The molecule has 4 heteroatoms. The Labute approximate surface area is 90.2 Å². The molecule has 0 aromatic carbocycles. The van der Waals surface area contributed by atoms with Gasteiger partial charge in [0.1, 0.15) is 0 Å². The summed E-state index contributed by atoms with van der Waals surface area (Å²) in [5.74, 6) is 1.99. The van der Waals surface area contributed by atoms with Crippen molar-refractivity contribution in [2.75, 3.05) is 11.5 Å². The van der Waals surface area contributed by atoms with E-state index in [2.05, 4.69) is 5.32 Å². The van der Waals surface area contributed by atoms with Gasteiger partial charge in [0.05, 0.1) is 5.54 Å². The minimum absolute atomic E-state index is 0.00491. The number of amides is 1. The van der Waals surface area contributed by atoms with E-state index in [4.69, 9.17) is 5.73 Å². The fraction of sp³-hybridized carbons (Fsp3) is 0.900. The van der Waals surface area contributed by atoms with Crippen LogP contribution in [-0.4, -0.2) is 28.5 Å². The van der Waals surface area contributed by atoms with Gasteiger partial charge in [-0.25, -0.2) is 0 Å². The number of rotatable bonds is 1. The van der Waals surface area contributed by atoms with E-state index in [-0.39, 0.29) is 11.4 Å². The second-order valence-electron chi connectivity index (χ2n) is 4.97. The van der Waals surface area contributed by atoms with E-state index >= 15 is 0 Å². The minimum Gasteiger partial charge on any atom is -0.350 e. The Kier molecular flexibility index (Phi) is 3.48. The van der Waals surface area contributed by atoms with Crippen molar-refractivity contribution in [3.05, 3.63) is 0 Å². The average molecular weight is 216 g/mol. The summed E-state index contributed by atoms with van der Waals surface area (Å²) in [4.78, 5) is 11.9. The fourth-order valence-electron chi connectivity index (χ4n) is 1.43. The van der Waals surface area contributed by atoms with Crippen molar-refractivity contribution >= 4 is 17.7 Å². The zero-order valence-corrected chi connectivity index (χ0v) is 10.0. The van der Waals surface area contributed by atoms with Gasteiger partial charge in [-0.1, -0.05) is 0 Å². The number of nitrogens with two attached hydrogens (primary N) is 1. The van der Waals surface area contributed by atoms with Crippen molar-refractivity contribution in [3.8, 4) is 0 Å². The van der Waals surface area contributed by atoms with E-state index < -0.39 is 5.54 Å². The number of hydrogen-bond donors (Lipinski definition) is 2. The Bertz CT molecular complexity index is 217. The van der Waals surface area contributed by atoms with Gasteiger partial charge in [-0.2, -0.15) is 11.8 Å². The van der Waals surface area contributed by atoms with Crippen LogP contribution in [0.3, 0.4) is 0 Å². The number of nitrogens with one attached hydrogen (secondary N) is 1.